The molecule has 2 bridgehead atoms. The summed E-state index contributed by atoms with van der Waals surface area (Å²) in [6.07, 6.45) is 16.0. The first-order chi connectivity index (χ1) is 8.36. The van der Waals surface area contributed by atoms with E-state index in [0.29, 0.717) is 38.3 Å². The molecule has 0 aromatic heterocycles. The molecule has 0 aliphatic heterocycles. The zero-order valence-electron chi connectivity index (χ0n) is 9.82. The Morgan fingerprint density at radius 1 is 1.00 bits per heavy atom. The molecule has 0 aromatic rings. The van der Waals surface area contributed by atoms with Crippen LogP contribution >= 0.6 is 0 Å². The van der Waals surface area contributed by atoms with Gasteiger partial charge < -0.3 is 9.47 Å². The van der Waals surface area contributed by atoms with Gasteiger partial charge in [0.05, 0.1) is 13.2 Å². The van der Waals surface area contributed by atoms with Crippen molar-refractivity contribution in [2.24, 2.45) is 11.8 Å². The molecule has 88 valence electrons. The molecule has 2 rings (SSSR count). The number of terminal acetylenes is 2. The molecule has 0 saturated heterocycles. The topological polar surface area (TPSA) is 18.5 Å². The maximum Gasteiger partial charge on any atom is 0.107 e. The molecule has 0 fully saturated rings. The van der Waals surface area contributed by atoms with Gasteiger partial charge in [-0.2, -0.15) is 0 Å². The van der Waals surface area contributed by atoms with Gasteiger partial charge in [0.15, 0.2) is 0 Å². The van der Waals surface area contributed by atoms with Crippen LogP contribution in [0.1, 0.15) is 6.42 Å². The van der Waals surface area contributed by atoms with Gasteiger partial charge in [-0.25, -0.2) is 0 Å². The summed E-state index contributed by atoms with van der Waals surface area (Å²) in [6.45, 7) is 1.96. The van der Waals surface area contributed by atoms with Crippen molar-refractivity contribution >= 4 is 0 Å². The maximum atomic E-state index is 5.43. The van der Waals surface area contributed by atoms with Gasteiger partial charge in [-0.15, -0.1) is 12.8 Å². The fraction of sp³-hybridized carbons (Fsp3) is 0.467. The molecule has 2 nitrogen and oxygen atoms in total. The van der Waals surface area contributed by atoms with Crippen LogP contribution in [0.3, 0.4) is 0 Å². The Morgan fingerprint density at radius 2 is 1.47 bits per heavy atom. The monoisotopic (exact) mass is 228 g/mol. The molecule has 0 heterocycles. The highest BCUT2D eigenvalue weighted by molar-refractivity contribution is 5.38. The van der Waals surface area contributed by atoms with Crippen LogP contribution in [0.25, 0.3) is 0 Å². The SMILES string of the molecule is C#CCOCC1=C(COCC#C)C2C=CC1C2. The first kappa shape index (κ1) is 12.0. The van der Waals surface area contributed by atoms with E-state index in [2.05, 4.69) is 24.0 Å². The minimum Gasteiger partial charge on any atom is -0.364 e. The molecule has 17 heavy (non-hydrogen) atoms. The highest BCUT2D eigenvalue weighted by Crippen LogP contribution is 2.43. The van der Waals surface area contributed by atoms with Crippen LogP contribution < -0.4 is 0 Å². The maximum absolute atomic E-state index is 5.43. The summed E-state index contributed by atoms with van der Waals surface area (Å²) in [6, 6.07) is 0. The number of fused-ring (bicyclic) bond motifs is 2. The van der Waals surface area contributed by atoms with E-state index in [1.165, 1.54) is 11.1 Å². The van der Waals surface area contributed by atoms with Crippen molar-refractivity contribution in [1.29, 1.82) is 0 Å². The lowest BCUT2D eigenvalue weighted by Gasteiger charge is -2.15. The van der Waals surface area contributed by atoms with E-state index in [1.807, 2.05) is 0 Å². The summed E-state index contributed by atoms with van der Waals surface area (Å²) in [4.78, 5) is 0. The Labute approximate surface area is 103 Å². The van der Waals surface area contributed by atoms with Crippen LogP contribution in [-0.4, -0.2) is 26.4 Å². The summed E-state index contributed by atoms with van der Waals surface area (Å²) in [7, 11) is 0. The van der Waals surface area contributed by atoms with Crippen LogP contribution in [0.15, 0.2) is 23.3 Å². The third-order valence-electron chi connectivity index (χ3n) is 3.28. The second-order valence-electron chi connectivity index (χ2n) is 4.28. The number of hydrogen-bond donors (Lipinski definition) is 0. The highest BCUT2D eigenvalue weighted by atomic mass is 16.5. The van der Waals surface area contributed by atoms with Crippen molar-refractivity contribution in [2.75, 3.05) is 26.4 Å². The standard InChI is InChI=1S/C15H16O2/c1-3-7-16-10-14-12-5-6-13(9-12)15(14)11-17-8-4-2/h1-2,5-6,12-13H,7-11H2. The van der Waals surface area contributed by atoms with Crippen LogP contribution in [0.5, 0.6) is 0 Å². The van der Waals surface area contributed by atoms with Gasteiger partial charge in [-0.05, 0) is 17.6 Å². The van der Waals surface area contributed by atoms with Crippen molar-refractivity contribution in [3.63, 3.8) is 0 Å². The van der Waals surface area contributed by atoms with Gasteiger partial charge in [0.25, 0.3) is 0 Å². The minimum absolute atomic E-state index is 0.364. The predicted octanol–water partition coefficient (Wildman–Crippen LogP) is 1.79. The van der Waals surface area contributed by atoms with Crippen molar-refractivity contribution < 1.29 is 9.47 Å². The van der Waals surface area contributed by atoms with E-state index in [0.717, 1.165) is 6.42 Å². The van der Waals surface area contributed by atoms with Crippen molar-refractivity contribution in [1.82, 2.24) is 0 Å². The molecule has 2 heteroatoms. The summed E-state index contributed by atoms with van der Waals surface area (Å²) >= 11 is 0. The molecule has 2 atom stereocenters. The van der Waals surface area contributed by atoms with Gasteiger partial charge in [0.2, 0.25) is 0 Å². The number of allylic oxidation sites excluding steroid dienone is 2. The lowest BCUT2D eigenvalue weighted by molar-refractivity contribution is 0.175. The van der Waals surface area contributed by atoms with E-state index in [1.54, 1.807) is 0 Å². The zero-order valence-corrected chi connectivity index (χ0v) is 9.82. The Balaban J connectivity index is 1.96. The zero-order chi connectivity index (χ0) is 12.1. The normalized spacial score (nSPS) is 25.1. The molecule has 2 aliphatic rings. The van der Waals surface area contributed by atoms with Crippen LogP contribution in [-0.2, 0) is 9.47 Å². The molecule has 0 N–H and O–H groups in total. The van der Waals surface area contributed by atoms with Gasteiger partial charge in [0.1, 0.15) is 13.2 Å². The third kappa shape index (κ3) is 2.61. The Kier molecular flexibility index (Phi) is 4.04. The summed E-state index contributed by atoms with van der Waals surface area (Å²) in [5.74, 6) is 6.00. The predicted molar refractivity (Wildman–Crippen MR) is 67.1 cm³/mol. The van der Waals surface area contributed by atoms with Gasteiger partial charge in [-0.1, -0.05) is 24.0 Å². The smallest absolute Gasteiger partial charge is 0.107 e. The first-order valence-corrected chi connectivity index (χ1v) is 5.79. The molecule has 0 saturated carbocycles. The molecular formula is C15H16O2. The Bertz CT molecular complexity index is 379. The van der Waals surface area contributed by atoms with E-state index >= 15 is 0 Å². The molecule has 0 radical (unpaired) electrons. The van der Waals surface area contributed by atoms with Crippen LogP contribution in [0, 0.1) is 36.5 Å². The fourth-order valence-corrected chi connectivity index (χ4v) is 2.53. The minimum atomic E-state index is 0.364. The Morgan fingerprint density at radius 3 is 1.88 bits per heavy atom. The molecular weight excluding hydrogens is 212 g/mol. The molecule has 2 unspecified atom stereocenters. The molecule has 0 amide bonds. The van der Waals surface area contributed by atoms with Crippen molar-refractivity contribution in [3.05, 3.63) is 23.3 Å². The van der Waals surface area contributed by atoms with E-state index in [9.17, 15) is 0 Å². The number of hydrogen-bond acceptors (Lipinski definition) is 2. The lowest BCUT2D eigenvalue weighted by atomic mass is 9.98. The second kappa shape index (κ2) is 5.73. The number of ether oxygens (including phenoxy) is 2. The lowest BCUT2D eigenvalue weighted by Crippen LogP contribution is -2.11. The van der Waals surface area contributed by atoms with Gasteiger partial charge in [-0.3, -0.25) is 0 Å². The van der Waals surface area contributed by atoms with E-state index < -0.39 is 0 Å². The quantitative estimate of drug-likeness (QED) is 0.392. The van der Waals surface area contributed by atoms with Crippen molar-refractivity contribution in [3.8, 4) is 24.7 Å². The van der Waals surface area contributed by atoms with Crippen molar-refractivity contribution in [2.45, 2.75) is 6.42 Å². The number of rotatable bonds is 6. The molecule has 2 aliphatic carbocycles. The summed E-state index contributed by atoms with van der Waals surface area (Å²) in [5, 5.41) is 0. The summed E-state index contributed by atoms with van der Waals surface area (Å²) < 4.78 is 10.9. The highest BCUT2D eigenvalue weighted by Gasteiger charge is 2.34. The molecule has 0 aromatic carbocycles. The average Bonchev–Trinajstić information content (AvgIpc) is 2.92. The van der Waals surface area contributed by atoms with E-state index in [-0.39, 0.29) is 0 Å². The fourth-order valence-electron chi connectivity index (χ4n) is 2.53. The summed E-state index contributed by atoms with van der Waals surface area (Å²) in [5.41, 5.74) is 2.68. The first-order valence-electron chi connectivity index (χ1n) is 5.79. The largest absolute Gasteiger partial charge is 0.364 e. The Hall–Kier alpha value is -1.48. The second-order valence-corrected chi connectivity index (χ2v) is 4.28. The van der Waals surface area contributed by atoms with Gasteiger partial charge >= 0.3 is 0 Å². The third-order valence-corrected chi connectivity index (χ3v) is 3.28. The average molecular weight is 228 g/mol. The van der Waals surface area contributed by atoms with Crippen LogP contribution in [0.4, 0.5) is 0 Å². The molecule has 0 spiro atoms. The van der Waals surface area contributed by atoms with E-state index in [4.69, 9.17) is 22.3 Å². The van der Waals surface area contributed by atoms with Crippen LogP contribution in [0.2, 0.25) is 0 Å². The van der Waals surface area contributed by atoms with Gasteiger partial charge in [0, 0.05) is 11.8 Å².